The number of rotatable bonds is 14. The number of methoxy groups -OCH3 is 6. The van der Waals surface area contributed by atoms with Gasteiger partial charge in [0.2, 0.25) is 11.5 Å². The number of piperidine rings is 1. The Morgan fingerprint density at radius 1 is 0.679 bits per heavy atom. The van der Waals surface area contributed by atoms with E-state index in [0.29, 0.717) is 40.5 Å². The van der Waals surface area contributed by atoms with Crippen molar-refractivity contribution in [2.24, 2.45) is 0 Å². The summed E-state index contributed by atoms with van der Waals surface area (Å²) in [4.78, 5) is 5.16. The summed E-state index contributed by atoms with van der Waals surface area (Å²) in [6.07, 6.45) is 11.9. The summed E-state index contributed by atoms with van der Waals surface area (Å²) in [6, 6.07) is 25.9. The highest BCUT2D eigenvalue weighted by Crippen LogP contribution is 2.42. The quantitative estimate of drug-likeness (QED) is 0.125. The van der Waals surface area contributed by atoms with Crippen LogP contribution in [0.3, 0.4) is 0 Å². The maximum atomic E-state index is 5.68. The molecular weight excluding hydrogens is 732 g/mol. The molecule has 53 heavy (non-hydrogen) atoms. The first kappa shape index (κ1) is 37.9. The Balaban J connectivity index is 1.19. The minimum atomic E-state index is 0.393. The average molecular weight is 782 g/mol. The topological polar surface area (TPSA) is 61.9 Å². The molecule has 6 rings (SSSR count). The fourth-order valence-electron chi connectivity index (χ4n) is 7.29. The second kappa shape index (κ2) is 17.8. The molecule has 4 aromatic rings. The van der Waals surface area contributed by atoms with Gasteiger partial charge in [0.1, 0.15) is 0 Å². The van der Waals surface area contributed by atoms with Crippen molar-refractivity contribution < 1.29 is 28.4 Å². The lowest BCUT2D eigenvalue weighted by Crippen LogP contribution is -2.45. The summed E-state index contributed by atoms with van der Waals surface area (Å²) in [6.45, 7) is 3.71. The lowest BCUT2D eigenvalue weighted by atomic mass is 9.97. The molecule has 2 aliphatic rings. The lowest BCUT2D eigenvalue weighted by molar-refractivity contribution is 0.202. The van der Waals surface area contributed by atoms with Crippen LogP contribution in [0.4, 0.5) is 5.69 Å². The number of nitrogens with zero attached hydrogens (tertiary/aromatic N) is 2. The van der Waals surface area contributed by atoms with Crippen molar-refractivity contribution >= 4 is 27.2 Å². The molecule has 0 saturated carbocycles. The standard InChI is InChI=1S/C44H49BrN2O6/c1-48-39-24-34(25-40(49-2)43(39)52-5)32-12-8-7-10-31(23-32)29-47(37-16-14-36(45)15-17-37)38-18-20-46(21-19-38)28-30-11-9-13-33(22-30)35-26-41(50-3)44(53-6)42(27-35)51-4/h7-11,13-17,22-27,38H,12,18-21,28-29H2,1-6H3. The summed E-state index contributed by atoms with van der Waals surface area (Å²) < 4.78 is 34.8. The van der Waals surface area contributed by atoms with Crippen LogP contribution in [0.5, 0.6) is 34.5 Å². The molecule has 4 aromatic carbocycles. The fourth-order valence-corrected chi connectivity index (χ4v) is 7.55. The monoisotopic (exact) mass is 780 g/mol. The summed E-state index contributed by atoms with van der Waals surface area (Å²) >= 11 is 3.64. The zero-order valence-electron chi connectivity index (χ0n) is 31.5. The van der Waals surface area contributed by atoms with E-state index in [2.05, 4.69) is 98.6 Å². The predicted octanol–water partition coefficient (Wildman–Crippen LogP) is 9.61. The van der Waals surface area contributed by atoms with Crippen LogP contribution in [-0.4, -0.2) is 73.2 Å². The third-order valence-corrected chi connectivity index (χ3v) is 10.5. The van der Waals surface area contributed by atoms with E-state index in [1.54, 1.807) is 42.7 Å². The van der Waals surface area contributed by atoms with E-state index in [-0.39, 0.29) is 0 Å². The first-order chi connectivity index (χ1) is 25.9. The van der Waals surface area contributed by atoms with Gasteiger partial charge in [-0.1, -0.05) is 58.4 Å². The summed E-state index contributed by atoms with van der Waals surface area (Å²) in [5.41, 5.74) is 8.13. The summed E-state index contributed by atoms with van der Waals surface area (Å²) in [5, 5.41) is 0. The lowest BCUT2D eigenvalue weighted by Gasteiger charge is -2.40. The molecule has 1 fully saturated rings. The van der Waals surface area contributed by atoms with Gasteiger partial charge in [0.05, 0.1) is 42.7 Å². The molecule has 0 radical (unpaired) electrons. The van der Waals surface area contributed by atoms with Crippen molar-refractivity contribution in [3.05, 3.63) is 118 Å². The van der Waals surface area contributed by atoms with Crippen LogP contribution < -0.4 is 33.3 Å². The van der Waals surface area contributed by atoms with Gasteiger partial charge in [0.25, 0.3) is 0 Å². The van der Waals surface area contributed by atoms with Crippen molar-refractivity contribution in [2.75, 3.05) is 67.2 Å². The van der Waals surface area contributed by atoms with E-state index < -0.39 is 0 Å². The number of likely N-dealkylation sites (tertiary alicyclic amines) is 1. The van der Waals surface area contributed by atoms with E-state index in [4.69, 9.17) is 28.4 Å². The maximum Gasteiger partial charge on any atom is 0.203 e. The molecule has 1 aliphatic carbocycles. The molecule has 0 N–H and O–H groups in total. The molecule has 8 nitrogen and oxygen atoms in total. The number of benzene rings is 4. The third-order valence-electron chi connectivity index (χ3n) is 10.0. The highest BCUT2D eigenvalue weighted by atomic mass is 79.9. The molecule has 0 unspecified atom stereocenters. The second-order valence-corrected chi connectivity index (χ2v) is 14.1. The molecule has 278 valence electrons. The molecule has 0 spiro atoms. The van der Waals surface area contributed by atoms with Crippen molar-refractivity contribution in [1.29, 1.82) is 0 Å². The Morgan fingerprint density at radius 3 is 1.83 bits per heavy atom. The predicted molar refractivity (Wildman–Crippen MR) is 217 cm³/mol. The van der Waals surface area contributed by atoms with E-state index in [1.807, 2.05) is 24.3 Å². The van der Waals surface area contributed by atoms with Crippen molar-refractivity contribution in [2.45, 2.75) is 31.8 Å². The number of halogens is 1. The molecular formula is C44H49BrN2O6. The van der Waals surface area contributed by atoms with Crippen LogP contribution in [0.15, 0.2) is 107 Å². The third kappa shape index (κ3) is 8.86. The van der Waals surface area contributed by atoms with Gasteiger partial charge in [-0.05, 0) is 107 Å². The SMILES string of the molecule is COc1cc(C2=CC(CN(c3ccc(Br)cc3)C3CCN(Cc4cccc(-c5cc(OC)c(OC)c(OC)c5)c4)CC3)=CC=CC2)cc(OC)c1OC. The van der Waals surface area contributed by atoms with E-state index >= 15 is 0 Å². The van der Waals surface area contributed by atoms with Gasteiger partial charge in [-0.3, -0.25) is 4.90 Å². The Bertz CT molecular complexity index is 1910. The Kier molecular flexibility index (Phi) is 12.7. The maximum absolute atomic E-state index is 5.68. The molecule has 0 bridgehead atoms. The van der Waals surface area contributed by atoms with Crippen LogP contribution >= 0.6 is 15.9 Å². The van der Waals surface area contributed by atoms with Gasteiger partial charge in [0.15, 0.2) is 23.0 Å². The molecule has 0 amide bonds. The molecule has 1 heterocycles. The molecule has 0 atom stereocenters. The number of hydrogen-bond acceptors (Lipinski definition) is 8. The zero-order chi connectivity index (χ0) is 37.3. The van der Waals surface area contributed by atoms with Crippen LogP contribution in [-0.2, 0) is 6.54 Å². The first-order valence-corrected chi connectivity index (χ1v) is 18.7. The smallest absolute Gasteiger partial charge is 0.203 e. The summed E-state index contributed by atoms with van der Waals surface area (Å²) in [5.74, 6) is 3.78. The minimum Gasteiger partial charge on any atom is -0.493 e. The van der Waals surface area contributed by atoms with Gasteiger partial charge in [-0.25, -0.2) is 0 Å². The average Bonchev–Trinajstić information content (AvgIpc) is 3.45. The fraction of sp³-hybridized carbons (Fsp3) is 0.318. The van der Waals surface area contributed by atoms with E-state index in [9.17, 15) is 0 Å². The zero-order valence-corrected chi connectivity index (χ0v) is 33.1. The molecule has 1 saturated heterocycles. The van der Waals surface area contributed by atoms with Gasteiger partial charge < -0.3 is 33.3 Å². The van der Waals surface area contributed by atoms with Crippen LogP contribution in [0.2, 0.25) is 0 Å². The number of hydrogen-bond donors (Lipinski definition) is 0. The van der Waals surface area contributed by atoms with Crippen LogP contribution in [0.1, 0.15) is 30.4 Å². The number of anilines is 1. The molecule has 9 heteroatoms. The molecule has 1 aliphatic heterocycles. The summed E-state index contributed by atoms with van der Waals surface area (Å²) in [7, 11) is 9.87. The first-order valence-electron chi connectivity index (χ1n) is 17.9. The van der Waals surface area contributed by atoms with Gasteiger partial charge in [0, 0.05) is 42.4 Å². The number of ether oxygens (including phenoxy) is 6. The second-order valence-electron chi connectivity index (χ2n) is 13.2. The highest BCUT2D eigenvalue weighted by molar-refractivity contribution is 9.10. The Morgan fingerprint density at radius 2 is 1.26 bits per heavy atom. The van der Waals surface area contributed by atoms with Gasteiger partial charge in [-0.15, -0.1) is 0 Å². The van der Waals surface area contributed by atoms with Gasteiger partial charge >= 0.3 is 0 Å². The largest absolute Gasteiger partial charge is 0.493 e. The highest BCUT2D eigenvalue weighted by Gasteiger charge is 2.26. The Labute approximate surface area is 322 Å². The van der Waals surface area contributed by atoms with Gasteiger partial charge in [-0.2, -0.15) is 0 Å². The minimum absolute atomic E-state index is 0.393. The van der Waals surface area contributed by atoms with E-state index in [1.165, 1.54) is 22.4 Å². The van der Waals surface area contributed by atoms with Crippen molar-refractivity contribution in [3.8, 4) is 45.6 Å². The molecule has 0 aromatic heterocycles. The van der Waals surface area contributed by atoms with Crippen LogP contribution in [0, 0.1) is 0 Å². The van der Waals surface area contributed by atoms with E-state index in [0.717, 1.165) is 66.6 Å². The van der Waals surface area contributed by atoms with Crippen molar-refractivity contribution in [3.63, 3.8) is 0 Å². The Hall–Kier alpha value is -4.86. The number of allylic oxidation sites excluding steroid dienone is 4. The van der Waals surface area contributed by atoms with Crippen molar-refractivity contribution in [1.82, 2.24) is 4.90 Å². The van der Waals surface area contributed by atoms with Crippen LogP contribution in [0.25, 0.3) is 16.7 Å². The normalized spacial score (nSPS) is 14.8.